The summed E-state index contributed by atoms with van der Waals surface area (Å²) in [5.41, 5.74) is 0.932. The SMILES string of the molecule is CC(=O)c1ccc(NC(=O)[C@H](C)OC(=O)C2(c3ccc(F)cc3)CCCC2)cc1. The fourth-order valence-electron chi connectivity index (χ4n) is 3.72. The van der Waals surface area contributed by atoms with Crippen molar-refractivity contribution in [1.29, 1.82) is 0 Å². The average molecular weight is 397 g/mol. The summed E-state index contributed by atoms with van der Waals surface area (Å²) in [5.74, 6) is -1.34. The molecule has 2 aromatic rings. The van der Waals surface area contributed by atoms with Crippen LogP contribution in [0.2, 0.25) is 0 Å². The third-order valence-corrected chi connectivity index (χ3v) is 5.46. The van der Waals surface area contributed by atoms with Crippen molar-refractivity contribution >= 4 is 23.3 Å². The van der Waals surface area contributed by atoms with Crippen LogP contribution in [0.3, 0.4) is 0 Å². The second kappa shape index (κ2) is 8.55. The van der Waals surface area contributed by atoms with Crippen LogP contribution < -0.4 is 5.32 Å². The minimum absolute atomic E-state index is 0.0622. The van der Waals surface area contributed by atoms with Crippen LogP contribution in [0.1, 0.15) is 55.5 Å². The Balaban J connectivity index is 1.68. The first kappa shape index (κ1) is 20.7. The van der Waals surface area contributed by atoms with Gasteiger partial charge in [0.1, 0.15) is 5.82 Å². The lowest BCUT2D eigenvalue weighted by Gasteiger charge is -2.28. The highest BCUT2D eigenvalue weighted by atomic mass is 19.1. The Kier molecular flexibility index (Phi) is 6.11. The van der Waals surface area contributed by atoms with Gasteiger partial charge in [0.15, 0.2) is 11.9 Å². The number of anilines is 1. The van der Waals surface area contributed by atoms with Gasteiger partial charge in [0.05, 0.1) is 5.41 Å². The number of hydrogen-bond acceptors (Lipinski definition) is 4. The van der Waals surface area contributed by atoms with Crippen LogP contribution in [0, 0.1) is 5.82 Å². The number of halogens is 1. The molecule has 5 nitrogen and oxygen atoms in total. The van der Waals surface area contributed by atoms with Crippen molar-refractivity contribution in [3.63, 3.8) is 0 Å². The number of carbonyl (C=O) groups is 3. The maximum atomic E-state index is 13.3. The molecular weight excluding hydrogens is 373 g/mol. The first-order valence-electron chi connectivity index (χ1n) is 9.71. The van der Waals surface area contributed by atoms with Crippen molar-refractivity contribution in [3.8, 4) is 0 Å². The average Bonchev–Trinajstić information content (AvgIpc) is 3.20. The third-order valence-electron chi connectivity index (χ3n) is 5.46. The summed E-state index contributed by atoms with van der Waals surface area (Å²) < 4.78 is 18.8. The standard InChI is InChI=1S/C23H24FNO4/c1-15(26)17-5-11-20(12-6-17)25-21(27)16(2)29-22(28)23(13-3-4-14-23)18-7-9-19(24)10-8-18/h5-12,16H,3-4,13-14H2,1-2H3,(H,25,27)/t16-/m0/s1. The molecule has 1 N–H and O–H groups in total. The zero-order chi connectivity index (χ0) is 21.0. The maximum Gasteiger partial charge on any atom is 0.317 e. The Morgan fingerprint density at radius 2 is 1.59 bits per heavy atom. The van der Waals surface area contributed by atoms with Gasteiger partial charge in [-0.3, -0.25) is 14.4 Å². The first-order valence-corrected chi connectivity index (χ1v) is 9.71. The molecule has 0 heterocycles. The number of esters is 1. The zero-order valence-electron chi connectivity index (χ0n) is 16.5. The van der Waals surface area contributed by atoms with Crippen LogP contribution >= 0.6 is 0 Å². The number of nitrogens with one attached hydrogen (secondary N) is 1. The molecular formula is C23H24FNO4. The zero-order valence-corrected chi connectivity index (χ0v) is 16.5. The van der Waals surface area contributed by atoms with Gasteiger partial charge in [-0.15, -0.1) is 0 Å². The smallest absolute Gasteiger partial charge is 0.317 e. The number of ether oxygens (including phenoxy) is 1. The van der Waals surface area contributed by atoms with Crippen LogP contribution in [0.4, 0.5) is 10.1 Å². The van der Waals surface area contributed by atoms with Gasteiger partial charge in [0.2, 0.25) is 0 Å². The molecule has 6 heteroatoms. The number of amides is 1. The lowest BCUT2D eigenvalue weighted by molar-refractivity contribution is -0.159. The molecule has 0 radical (unpaired) electrons. The van der Waals surface area contributed by atoms with E-state index in [0.717, 1.165) is 12.8 Å². The predicted octanol–water partition coefficient (Wildman–Crippen LogP) is 4.41. The molecule has 1 amide bonds. The van der Waals surface area contributed by atoms with Gasteiger partial charge in [-0.25, -0.2) is 4.39 Å². The fourth-order valence-corrected chi connectivity index (χ4v) is 3.72. The lowest BCUT2D eigenvalue weighted by atomic mass is 9.79. The Labute approximate surface area is 169 Å². The second-order valence-corrected chi connectivity index (χ2v) is 7.47. The molecule has 0 aromatic heterocycles. The molecule has 0 saturated heterocycles. The molecule has 2 aromatic carbocycles. The van der Waals surface area contributed by atoms with Crippen LogP contribution in [0.5, 0.6) is 0 Å². The highest BCUT2D eigenvalue weighted by Gasteiger charge is 2.45. The highest BCUT2D eigenvalue weighted by Crippen LogP contribution is 2.42. The van der Waals surface area contributed by atoms with E-state index in [-0.39, 0.29) is 11.6 Å². The molecule has 152 valence electrons. The summed E-state index contributed by atoms with van der Waals surface area (Å²) in [5, 5.41) is 2.69. The number of carbonyl (C=O) groups excluding carboxylic acids is 3. The Bertz CT molecular complexity index is 899. The van der Waals surface area contributed by atoms with E-state index in [1.165, 1.54) is 26.0 Å². The summed E-state index contributed by atoms with van der Waals surface area (Å²) in [7, 11) is 0. The monoisotopic (exact) mass is 397 g/mol. The van der Waals surface area contributed by atoms with E-state index in [4.69, 9.17) is 4.74 Å². The van der Waals surface area contributed by atoms with Crippen LogP contribution in [-0.4, -0.2) is 23.8 Å². The number of ketones is 1. The summed E-state index contributed by atoms with van der Waals surface area (Å²) in [4.78, 5) is 36.8. The van der Waals surface area contributed by atoms with Crippen molar-refractivity contribution in [1.82, 2.24) is 0 Å². The summed E-state index contributed by atoms with van der Waals surface area (Å²) >= 11 is 0. The minimum Gasteiger partial charge on any atom is -0.452 e. The largest absolute Gasteiger partial charge is 0.452 e. The van der Waals surface area contributed by atoms with Crippen molar-refractivity contribution in [2.45, 2.75) is 51.0 Å². The van der Waals surface area contributed by atoms with E-state index in [0.29, 0.717) is 29.7 Å². The van der Waals surface area contributed by atoms with E-state index in [9.17, 15) is 18.8 Å². The van der Waals surface area contributed by atoms with Gasteiger partial charge in [-0.05, 0) is 68.7 Å². The molecule has 1 fully saturated rings. The van der Waals surface area contributed by atoms with Crippen molar-refractivity contribution < 1.29 is 23.5 Å². The van der Waals surface area contributed by atoms with Crippen LogP contribution in [0.25, 0.3) is 0 Å². The van der Waals surface area contributed by atoms with E-state index in [2.05, 4.69) is 5.32 Å². The van der Waals surface area contributed by atoms with Gasteiger partial charge in [-0.1, -0.05) is 25.0 Å². The molecule has 0 spiro atoms. The lowest BCUT2D eigenvalue weighted by Crippen LogP contribution is -2.39. The van der Waals surface area contributed by atoms with Crippen molar-refractivity contribution in [3.05, 3.63) is 65.5 Å². The van der Waals surface area contributed by atoms with E-state index in [1.54, 1.807) is 36.4 Å². The Morgan fingerprint density at radius 3 is 2.14 bits per heavy atom. The number of benzene rings is 2. The molecule has 1 aliphatic rings. The van der Waals surface area contributed by atoms with Gasteiger partial charge in [0, 0.05) is 11.3 Å². The quantitative estimate of drug-likeness (QED) is 0.579. The van der Waals surface area contributed by atoms with Crippen LogP contribution in [0.15, 0.2) is 48.5 Å². The van der Waals surface area contributed by atoms with E-state index in [1.807, 2.05) is 0 Å². The van der Waals surface area contributed by atoms with Gasteiger partial charge in [0.25, 0.3) is 5.91 Å². The normalized spacial score (nSPS) is 16.1. The van der Waals surface area contributed by atoms with Crippen molar-refractivity contribution in [2.75, 3.05) is 5.32 Å². The summed E-state index contributed by atoms with van der Waals surface area (Å²) in [6.45, 7) is 2.99. The molecule has 0 aliphatic heterocycles. The van der Waals surface area contributed by atoms with Crippen molar-refractivity contribution in [2.24, 2.45) is 0 Å². The molecule has 0 bridgehead atoms. The molecule has 0 unspecified atom stereocenters. The highest BCUT2D eigenvalue weighted by molar-refractivity contribution is 5.97. The number of rotatable bonds is 6. The predicted molar refractivity (Wildman–Crippen MR) is 107 cm³/mol. The molecule has 3 rings (SSSR count). The summed E-state index contributed by atoms with van der Waals surface area (Å²) in [6, 6.07) is 12.4. The maximum absolute atomic E-state index is 13.3. The second-order valence-electron chi connectivity index (χ2n) is 7.47. The molecule has 1 saturated carbocycles. The fraction of sp³-hybridized carbons (Fsp3) is 0.348. The molecule has 1 atom stereocenters. The summed E-state index contributed by atoms with van der Waals surface area (Å²) in [6.07, 6.45) is 1.97. The third kappa shape index (κ3) is 4.53. The Hall–Kier alpha value is -3.02. The topological polar surface area (TPSA) is 72.5 Å². The van der Waals surface area contributed by atoms with Crippen LogP contribution in [-0.2, 0) is 19.7 Å². The molecule has 1 aliphatic carbocycles. The molecule has 29 heavy (non-hydrogen) atoms. The number of hydrogen-bond donors (Lipinski definition) is 1. The minimum atomic E-state index is -0.993. The van der Waals surface area contributed by atoms with Gasteiger partial charge in [-0.2, -0.15) is 0 Å². The number of Topliss-reactive ketones (excluding diaryl/α,β-unsaturated/α-hetero) is 1. The van der Waals surface area contributed by atoms with E-state index < -0.39 is 23.4 Å². The van der Waals surface area contributed by atoms with Gasteiger partial charge >= 0.3 is 5.97 Å². The first-order chi connectivity index (χ1) is 13.8. The Morgan fingerprint density at radius 1 is 1.00 bits per heavy atom. The van der Waals surface area contributed by atoms with Gasteiger partial charge < -0.3 is 10.1 Å². The van der Waals surface area contributed by atoms with E-state index >= 15 is 0 Å².